The summed E-state index contributed by atoms with van der Waals surface area (Å²) in [5.41, 5.74) is 0. The van der Waals surface area contributed by atoms with E-state index in [0.717, 1.165) is 13.1 Å². The Morgan fingerprint density at radius 1 is 1.58 bits per heavy atom. The molecule has 0 aromatic carbocycles. The lowest BCUT2D eigenvalue weighted by Crippen LogP contribution is -2.30. The Morgan fingerprint density at radius 2 is 2.42 bits per heavy atom. The molecule has 2 aliphatic rings. The van der Waals surface area contributed by atoms with Gasteiger partial charge in [-0.1, -0.05) is 0 Å². The smallest absolute Gasteiger partial charge is 0.310 e. The second kappa shape index (κ2) is 3.05. The van der Waals surface area contributed by atoms with Crippen molar-refractivity contribution in [1.82, 2.24) is 4.90 Å². The molecule has 0 aliphatic carbocycles. The predicted octanol–water partition coefficient (Wildman–Crippen LogP) is 0.501. The van der Waals surface area contributed by atoms with Crippen LogP contribution in [0.15, 0.2) is 0 Å². The van der Waals surface area contributed by atoms with Gasteiger partial charge < -0.3 is 9.64 Å². The van der Waals surface area contributed by atoms with E-state index < -0.39 is 0 Å². The minimum Gasteiger partial charge on any atom is -0.466 e. The standard InChI is InChI=1S/C9H15NO2/c1-2-12-9(11)8-6-10-4-3-7(8)5-10/h7-8H,2-6H2,1H3. The van der Waals surface area contributed by atoms with E-state index in [0.29, 0.717) is 12.5 Å². The van der Waals surface area contributed by atoms with E-state index in [1.54, 1.807) is 0 Å². The highest BCUT2D eigenvalue weighted by Crippen LogP contribution is 2.33. The summed E-state index contributed by atoms with van der Waals surface area (Å²) in [5.74, 6) is 0.785. The fourth-order valence-corrected chi connectivity index (χ4v) is 2.30. The zero-order valence-corrected chi connectivity index (χ0v) is 7.45. The highest BCUT2D eigenvalue weighted by Gasteiger charge is 2.42. The summed E-state index contributed by atoms with van der Waals surface area (Å²) in [4.78, 5) is 13.7. The van der Waals surface area contributed by atoms with Gasteiger partial charge in [0.15, 0.2) is 0 Å². The van der Waals surface area contributed by atoms with Crippen molar-refractivity contribution in [3.63, 3.8) is 0 Å². The molecule has 0 radical (unpaired) electrons. The minimum atomic E-state index is 0.0182. The monoisotopic (exact) mass is 169 g/mol. The fraction of sp³-hybridized carbons (Fsp3) is 0.889. The third kappa shape index (κ3) is 1.22. The van der Waals surface area contributed by atoms with Crippen molar-refractivity contribution in [2.24, 2.45) is 11.8 Å². The summed E-state index contributed by atoms with van der Waals surface area (Å²) >= 11 is 0. The first kappa shape index (κ1) is 8.05. The Kier molecular flexibility index (Phi) is 2.05. The number of ether oxygens (including phenoxy) is 1. The van der Waals surface area contributed by atoms with Crippen LogP contribution in [-0.4, -0.2) is 37.1 Å². The van der Waals surface area contributed by atoms with Crippen LogP contribution in [0.25, 0.3) is 0 Å². The third-order valence-electron chi connectivity index (χ3n) is 2.92. The lowest BCUT2D eigenvalue weighted by molar-refractivity contribution is -0.149. The summed E-state index contributed by atoms with van der Waals surface area (Å²) in [6.45, 7) is 5.61. The number of carbonyl (C=O) groups is 1. The number of piperidine rings is 1. The Morgan fingerprint density at radius 3 is 2.92 bits per heavy atom. The topological polar surface area (TPSA) is 29.5 Å². The largest absolute Gasteiger partial charge is 0.466 e. The Bertz CT molecular complexity index is 193. The van der Waals surface area contributed by atoms with E-state index in [1.807, 2.05) is 6.92 Å². The molecule has 2 heterocycles. The van der Waals surface area contributed by atoms with Gasteiger partial charge in [0.25, 0.3) is 0 Å². The van der Waals surface area contributed by atoms with Crippen LogP contribution in [0.2, 0.25) is 0 Å². The maximum atomic E-state index is 11.4. The van der Waals surface area contributed by atoms with Crippen molar-refractivity contribution < 1.29 is 9.53 Å². The first-order chi connectivity index (χ1) is 5.81. The van der Waals surface area contributed by atoms with Crippen LogP contribution in [-0.2, 0) is 9.53 Å². The second-order valence-electron chi connectivity index (χ2n) is 3.67. The van der Waals surface area contributed by atoms with Gasteiger partial charge in [-0.3, -0.25) is 4.79 Å². The highest BCUT2D eigenvalue weighted by molar-refractivity contribution is 5.73. The summed E-state index contributed by atoms with van der Waals surface area (Å²) in [6, 6.07) is 0. The molecule has 12 heavy (non-hydrogen) atoms. The van der Waals surface area contributed by atoms with Gasteiger partial charge in [0.1, 0.15) is 0 Å². The molecule has 2 fully saturated rings. The number of esters is 1. The molecule has 0 aromatic rings. The van der Waals surface area contributed by atoms with Crippen LogP contribution < -0.4 is 0 Å². The van der Waals surface area contributed by atoms with Gasteiger partial charge in [-0.25, -0.2) is 0 Å². The number of hydrogen-bond acceptors (Lipinski definition) is 3. The lowest BCUT2D eigenvalue weighted by atomic mass is 9.93. The quantitative estimate of drug-likeness (QED) is 0.564. The molecule has 2 saturated heterocycles. The third-order valence-corrected chi connectivity index (χ3v) is 2.92. The molecule has 0 saturated carbocycles. The van der Waals surface area contributed by atoms with Crippen LogP contribution in [0, 0.1) is 11.8 Å². The van der Waals surface area contributed by atoms with Crippen molar-refractivity contribution >= 4 is 5.97 Å². The summed E-state index contributed by atoms with van der Waals surface area (Å²) in [7, 11) is 0. The van der Waals surface area contributed by atoms with Crippen LogP contribution >= 0.6 is 0 Å². The molecule has 2 rings (SSSR count). The molecule has 0 spiro atoms. The Labute approximate surface area is 72.7 Å². The molecule has 3 unspecified atom stereocenters. The van der Waals surface area contributed by atoms with Crippen molar-refractivity contribution in [2.45, 2.75) is 13.3 Å². The average molecular weight is 169 g/mol. The fourth-order valence-electron chi connectivity index (χ4n) is 2.30. The van der Waals surface area contributed by atoms with E-state index in [1.165, 1.54) is 13.0 Å². The molecule has 0 N–H and O–H groups in total. The van der Waals surface area contributed by atoms with E-state index >= 15 is 0 Å². The van der Waals surface area contributed by atoms with Gasteiger partial charge in [0.2, 0.25) is 0 Å². The van der Waals surface area contributed by atoms with E-state index in [2.05, 4.69) is 4.90 Å². The zero-order chi connectivity index (χ0) is 8.55. The Hall–Kier alpha value is -0.570. The molecule has 68 valence electrons. The molecule has 0 amide bonds. The summed E-state index contributed by atoms with van der Waals surface area (Å²) in [5, 5.41) is 0. The van der Waals surface area contributed by atoms with Gasteiger partial charge in [-0.2, -0.15) is 0 Å². The SMILES string of the molecule is CCOC(=O)C1CN2CCC1C2. The number of nitrogens with zero attached hydrogens (tertiary/aromatic N) is 1. The molecular weight excluding hydrogens is 154 g/mol. The second-order valence-corrected chi connectivity index (χ2v) is 3.67. The van der Waals surface area contributed by atoms with Gasteiger partial charge in [0.05, 0.1) is 12.5 Å². The van der Waals surface area contributed by atoms with E-state index in [-0.39, 0.29) is 11.9 Å². The normalized spacial score (nSPS) is 38.6. The minimum absolute atomic E-state index is 0.0182. The first-order valence-corrected chi connectivity index (χ1v) is 4.70. The predicted molar refractivity (Wildman–Crippen MR) is 44.7 cm³/mol. The van der Waals surface area contributed by atoms with Crippen LogP contribution in [0.1, 0.15) is 13.3 Å². The van der Waals surface area contributed by atoms with Crippen LogP contribution in [0.4, 0.5) is 0 Å². The molecule has 3 heteroatoms. The number of fused-ring (bicyclic) bond motifs is 2. The molecule has 2 aliphatic heterocycles. The zero-order valence-electron chi connectivity index (χ0n) is 7.45. The van der Waals surface area contributed by atoms with Crippen molar-refractivity contribution in [1.29, 1.82) is 0 Å². The van der Waals surface area contributed by atoms with E-state index in [9.17, 15) is 4.79 Å². The van der Waals surface area contributed by atoms with Crippen molar-refractivity contribution in [3.8, 4) is 0 Å². The average Bonchev–Trinajstić information content (AvgIpc) is 2.64. The van der Waals surface area contributed by atoms with Crippen molar-refractivity contribution in [2.75, 3.05) is 26.2 Å². The highest BCUT2D eigenvalue weighted by atomic mass is 16.5. The van der Waals surface area contributed by atoms with Crippen molar-refractivity contribution in [3.05, 3.63) is 0 Å². The molecular formula is C9H15NO2. The van der Waals surface area contributed by atoms with Crippen LogP contribution in [0.3, 0.4) is 0 Å². The number of hydrogen-bond donors (Lipinski definition) is 0. The number of rotatable bonds is 2. The molecule has 2 bridgehead atoms. The Balaban J connectivity index is 1.93. The van der Waals surface area contributed by atoms with Gasteiger partial charge in [-0.15, -0.1) is 0 Å². The van der Waals surface area contributed by atoms with E-state index in [4.69, 9.17) is 4.74 Å². The van der Waals surface area contributed by atoms with Crippen LogP contribution in [0.5, 0.6) is 0 Å². The molecule has 3 nitrogen and oxygen atoms in total. The lowest BCUT2D eigenvalue weighted by Gasteiger charge is -2.19. The summed E-state index contributed by atoms with van der Waals surface area (Å²) < 4.78 is 5.01. The van der Waals surface area contributed by atoms with Gasteiger partial charge in [0, 0.05) is 13.1 Å². The maximum Gasteiger partial charge on any atom is 0.310 e. The maximum absolute atomic E-state index is 11.4. The molecule has 0 aromatic heterocycles. The summed E-state index contributed by atoms with van der Waals surface area (Å²) in [6.07, 6.45) is 1.18. The number of carbonyl (C=O) groups excluding carboxylic acids is 1. The van der Waals surface area contributed by atoms with Gasteiger partial charge >= 0.3 is 5.97 Å². The van der Waals surface area contributed by atoms with Gasteiger partial charge in [-0.05, 0) is 25.8 Å². The molecule has 3 atom stereocenters. The first-order valence-electron chi connectivity index (χ1n) is 4.70.